The van der Waals surface area contributed by atoms with Gasteiger partial charge in [-0.05, 0) is 48.0 Å². The summed E-state index contributed by atoms with van der Waals surface area (Å²) in [6.45, 7) is 4.21. The summed E-state index contributed by atoms with van der Waals surface area (Å²) in [5, 5.41) is 5.37. The number of benzene rings is 3. The second-order valence-electron chi connectivity index (χ2n) is 7.25. The number of hydrogen-bond acceptors (Lipinski definition) is 4. The number of anilines is 2. The molecule has 1 aliphatic heterocycles. The number of ether oxygens (including phenoxy) is 2. The van der Waals surface area contributed by atoms with Crippen LogP contribution in [0.3, 0.4) is 0 Å². The largest absolute Gasteiger partial charge is 0.489 e. The fourth-order valence-corrected chi connectivity index (χ4v) is 4.22. The molecule has 4 nitrogen and oxygen atoms in total. The zero-order valence-corrected chi connectivity index (χ0v) is 19.2. The minimum absolute atomic E-state index is 0.324. The van der Waals surface area contributed by atoms with Crippen LogP contribution in [0.2, 0.25) is 15.1 Å². The molecule has 0 amide bonds. The molecular formula is C24H23Cl3N2O2. The minimum Gasteiger partial charge on any atom is -0.489 e. The van der Waals surface area contributed by atoms with Crippen LogP contribution in [0.5, 0.6) is 5.75 Å². The van der Waals surface area contributed by atoms with E-state index in [0.717, 1.165) is 59.6 Å². The Balaban J connectivity index is 1.31. The van der Waals surface area contributed by atoms with Crippen molar-refractivity contribution in [3.8, 4) is 5.75 Å². The van der Waals surface area contributed by atoms with Crippen molar-refractivity contribution in [2.75, 3.05) is 36.5 Å². The number of nitrogens with zero attached hydrogens (tertiary/aromatic N) is 1. The molecule has 0 unspecified atom stereocenters. The number of rotatable bonds is 7. The maximum atomic E-state index is 6.51. The number of halogens is 3. The first-order chi connectivity index (χ1) is 15.1. The average Bonchev–Trinajstić information content (AvgIpc) is 2.79. The number of hydrogen-bond donors (Lipinski definition) is 1. The van der Waals surface area contributed by atoms with Crippen LogP contribution in [0, 0.1) is 0 Å². The predicted octanol–water partition coefficient (Wildman–Crippen LogP) is 6.67. The lowest BCUT2D eigenvalue weighted by molar-refractivity contribution is 0.122. The molecule has 1 N–H and O–H groups in total. The van der Waals surface area contributed by atoms with E-state index in [-0.39, 0.29) is 0 Å². The standard InChI is InChI=1S/C24H23Cl3N2O2/c25-21-2-1-3-22(26)20(21)16-31-19-7-4-17(5-8-19)15-28-18-6-9-24(23(27)14-18)29-10-12-30-13-11-29/h1-9,14,28H,10-13,15-16H2. The highest BCUT2D eigenvalue weighted by Gasteiger charge is 2.14. The van der Waals surface area contributed by atoms with E-state index in [2.05, 4.69) is 22.3 Å². The Labute approximate surface area is 197 Å². The lowest BCUT2D eigenvalue weighted by Crippen LogP contribution is -2.36. The Morgan fingerprint density at radius 2 is 1.58 bits per heavy atom. The fourth-order valence-electron chi connectivity index (χ4n) is 3.41. The molecule has 31 heavy (non-hydrogen) atoms. The Morgan fingerprint density at radius 3 is 2.26 bits per heavy atom. The predicted molar refractivity (Wildman–Crippen MR) is 129 cm³/mol. The molecule has 0 spiro atoms. The summed E-state index contributed by atoms with van der Waals surface area (Å²) in [6.07, 6.45) is 0. The van der Waals surface area contributed by atoms with Gasteiger partial charge in [0.2, 0.25) is 0 Å². The van der Waals surface area contributed by atoms with Gasteiger partial charge in [-0.1, -0.05) is 53.0 Å². The molecule has 4 rings (SSSR count). The Morgan fingerprint density at radius 1 is 0.871 bits per heavy atom. The van der Waals surface area contributed by atoms with Gasteiger partial charge in [-0.3, -0.25) is 0 Å². The molecule has 0 saturated carbocycles. The third-order valence-corrected chi connectivity index (χ3v) is 6.18. The van der Waals surface area contributed by atoms with Crippen molar-refractivity contribution in [1.82, 2.24) is 0 Å². The summed E-state index contributed by atoms with van der Waals surface area (Å²) in [4.78, 5) is 2.25. The highest BCUT2D eigenvalue weighted by atomic mass is 35.5. The molecule has 0 radical (unpaired) electrons. The Kier molecular flexibility index (Phi) is 7.46. The van der Waals surface area contributed by atoms with Crippen LogP contribution < -0.4 is 15.0 Å². The van der Waals surface area contributed by atoms with E-state index in [4.69, 9.17) is 44.3 Å². The second-order valence-corrected chi connectivity index (χ2v) is 8.47. The molecular weight excluding hydrogens is 455 g/mol. The van der Waals surface area contributed by atoms with Crippen molar-refractivity contribution < 1.29 is 9.47 Å². The first kappa shape index (κ1) is 22.1. The fraction of sp³-hybridized carbons (Fsp3) is 0.250. The first-order valence-corrected chi connectivity index (χ1v) is 11.2. The van der Waals surface area contributed by atoms with E-state index >= 15 is 0 Å². The van der Waals surface area contributed by atoms with E-state index < -0.39 is 0 Å². The van der Waals surface area contributed by atoms with Gasteiger partial charge < -0.3 is 19.7 Å². The zero-order chi connectivity index (χ0) is 21.6. The first-order valence-electron chi connectivity index (χ1n) is 10.1. The maximum absolute atomic E-state index is 6.51. The van der Waals surface area contributed by atoms with Crippen LogP contribution in [0.15, 0.2) is 60.7 Å². The van der Waals surface area contributed by atoms with E-state index in [1.807, 2.05) is 36.4 Å². The van der Waals surface area contributed by atoms with Crippen molar-refractivity contribution >= 4 is 46.2 Å². The molecule has 1 aliphatic rings. The van der Waals surface area contributed by atoms with Crippen LogP contribution in [0.4, 0.5) is 11.4 Å². The van der Waals surface area contributed by atoms with Gasteiger partial charge in [0.1, 0.15) is 12.4 Å². The van der Waals surface area contributed by atoms with Crippen molar-refractivity contribution in [2.45, 2.75) is 13.2 Å². The maximum Gasteiger partial charge on any atom is 0.119 e. The molecule has 0 atom stereocenters. The summed E-state index contributed by atoms with van der Waals surface area (Å²) in [5.74, 6) is 0.762. The summed E-state index contributed by atoms with van der Waals surface area (Å²) in [6, 6.07) is 19.5. The third-order valence-electron chi connectivity index (χ3n) is 5.16. The van der Waals surface area contributed by atoms with Crippen LogP contribution >= 0.6 is 34.8 Å². The number of nitrogens with one attached hydrogen (secondary N) is 1. The molecule has 7 heteroatoms. The minimum atomic E-state index is 0.324. The van der Waals surface area contributed by atoms with E-state index in [1.54, 1.807) is 12.1 Å². The van der Waals surface area contributed by atoms with Gasteiger partial charge in [0.25, 0.3) is 0 Å². The van der Waals surface area contributed by atoms with Crippen LogP contribution in [0.25, 0.3) is 0 Å². The summed E-state index contributed by atoms with van der Waals surface area (Å²) < 4.78 is 11.2. The van der Waals surface area contributed by atoms with Crippen LogP contribution in [0.1, 0.15) is 11.1 Å². The van der Waals surface area contributed by atoms with E-state index in [1.165, 1.54) is 0 Å². The molecule has 1 heterocycles. The van der Waals surface area contributed by atoms with Crippen molar-refractivity contribution in [1.29, 1.82) is 0 Å². The van der Waals surface area contributed by atoms with Gasteiger partial charge >= 0.3 is 0 Å². The molecule has 1 saturated heterocycles. The van der Waals surface area contributed by atoms with Gasteiger partial charge in [-0.25, -0.2) is 0 Å². The summed E-state index contributed by atoms with van der Waals surface area (Å²) in [7, 11) is 0. The molecule has 3 aromatic carbocycles. The molecule has 0 aromatic heterocycles. The summed E-state index contributed by atoms with van der Waals surface area (Å²) >= 11 is 18.9. The lowest BCUT2D eigenvalue weighted by atomic mass is 10.2. The van der Waals surface area contributed by atoms with Crippen molar-refractivity contribution in [2.24, 2.45) is 0 Å². The smallest absolute Gasteiger partial charge is 0.119 e. The molecule has 162 valence electrons. The summed E-state index contributed by atoms with van der Waals surface area (Å²) in [5.41, 5.74) is 3.96. The average molecular weight is 478 g/mol. The SMILES string of the molecule is Clc1cc(NCc2ccc(OCc3c(Cl)cccc3Cl)cc2)ccc1N1CCOCC1. The van der Waals surface area contributed by atoms with Gasteiger partial charge in [0.05, 0.1) is 23.9 Å². The Hall–Kier alpha value is -2.11. The van der Waals surface area contributed by atoms with Gasteiger partial charge in [-0.15, -0.1) is 0 Å². The molecule has 0 aliphatic carbocycles. The normalized spacial score (nSPS) is 13.8. The van der Waals surface area contributed by atoms with E-state index in [0.29, 0.717) is 23.2 Å². The van der Waals surface area contributed by atoms with Crippen molar-refractivity contribution in [3.63, 3.8) is 0 Å². The third kappa shape index (κ3) is 5.78. The number of morpholine rings is 1. The monoisotopic (exact) mass is 476 g/mol. The van der Waals surface area contributed by atoms with Gasteiger partial charge in [-0.2, -0.15) is 0 Å². The lowest BCUT2D eigenvalue weighted by Gasteiger charge is -2.29. The highest BCUT2D eigenvalue weighted by Crippen LogP contribution is 2.30. The Bertz CT molecular complexity index is 1000. The van der Waals surface area contributed by atoms with Gasteiger partial charge in [0, 0.05) is 40.9 Å². The zero-order valence-electron chi connectivity index (χ0n) is 16.9. The molecule has 1 fully saturated rings. The van der Waals surface area contributed by atoms with Gasteiger partial charge in [0.15, 0.2) is 0 Å². The van der Waals surface area contributed by atoms with Crippen molar-refractivity contribution in [3.05, 3.63) is 86.9 Å². The van der Waals surface area contributed by atoms with E-state index in [9.17, 15) is 0 Å². The second kappa shape index (κ2) is 10.5. The highest BCUT2D eigenvalue weighted by molar-refractivity contribution is 6.36. The quantitative estimate of drug-likeness (QED) is 0.412. The topological polar surface area (TPSA) is 33.7 Å². The van der Waals surface area contributed by atoms with Crippen LogP contribution in [-0.2, 0) is 17.9 Å². The molecule has 3 aromatic rings. The molecule has 0 bridgehead atoms. The van der Waals surface area contributed by atoms with Crippen LogP contribution in [-0.4, -0.2) is 26.3 Å².